The summed E-state index contributed by atoms with van der Waals surface area (Å²) in [5, 5.41) is 7.13. The van der Waals surface area contributed by atoms with Gasteiger partial charge < -0.3 is 9.42 Å². The van der Waals surface area contributed by atoms with Crippen LogP contribution in [0.4, 0.5) is 0 Å². The van der Waals surface area contributed by atoms with E-state index in [2.05, 4.69) is 15.2 Å². The second-order valence-electron chi connectivity index (χ2n) is 7.58. The van der Waals surface area contributed by atoms with E-state index in [1.54, 1.807) is 6.92 Å². The van der Waals surface area contributed by atoms with E-state index >= 15 is 0 Å². The van der Waals surface area contributed by atoms with Crippen LogP contribution in [0.1, 0.15) is 59.3 Å². The van der Waals surface area contributed by atoms with Crippen molar-refractivity contribution in [2.45, 2.75) is 59.4 Å². The van der Waals surface area contributed by atoms with Crippen LogP contribution in [0.5, 0.6) is 0 Å². The van der Waals surface area contributed by atoms with Gasteiger partial charge in [-0.25, -0.2) is 9.50 Å². The van der Waals surface area contributed by atoms with E-state index in [-0.39, 0.29) is 17.5 Å². The molecule has 4 rings (SSSR count). The third kappa shape index (κ3) is 3.02. The van der Waals surface area contributed by atoms with Gasteiger partial charge in [-0.3, -0.25) is 14.7 Å². The Morgan fingerprint density at radius 2 is 2.07 bits per heavy atom. The summed E-state index contributed by atoms with van der Waals surface area (Å²) in [6.45, 7) is 8.11. The number of carbonyl (C=O) groups excluding carboxylic acids is 1. The predicted octanol–water partition coefficient (Wildman–Crippen LogP) is 2.54. The molecule has 0 aliphatic carbocycles. The first-order chi connectivity index (χ1) is 13.4. The van der Waals surface area contributed by atoms with E-state index in [1.165, 1.54) is 4.52 Å². The van der Waals surface area contributed by atoms with Crippen molar-refractivity contribution in [2.75, 3.05) is 6.54 Å². The number of likely N-dealkylation sites (tertiary alicyclic amines) is 1. The predicted molar refractivity (Wildman–Crippen MR) is 103 cm³/mol. The standard InChI is InChI=1S/C20H25N5O3/c1-11-12(2)21-18-10-16(22-25(18)20(11)27)17-6-5-9-24(17)19(26)8-7-15-13(3)23-28-14(15)4/h10,17,22H,5-9H2,1-4H3. The van der Waals surface area contributed by atoms with Crippen LogP contribution < -0.4 is 5.56 Å². The second kappa shape index (κ2) is 6.92. The molecule has 1 N–H and O–H groups in total. The summed E-state index contributed by atoms with van der Waals surface area (Å²) in [7, 11) is 0. The molecule has 0 aromatic carbocycles. The number of aromatic amines is 1. The number of rotatable bonds is 4. The Balaban J connectivity index is 1.56. The molecule has 1 aliphatic heterocycles. The van der Waals surface area contributed by atoms with E-state index < -0.39 is 0 Å². The van der Waals surface area contributed by atoms with Crippen molar-refractivity contribution in [3.63, 3.8) is 0 Å². The fraction of sp³-hybridized carbons (Fsp3) is 0.500. The lowest BCUT2D eigenvalue weighted by Gasteiger charge is -2.23. The van der Waals surface area contributed by atoms with Crippen LogP contribution in [0.25, 0.3) is 5.65 Å². The topological polar surface area (TPSA) is 96.5 Å². The Bertz CT molecular complexity index is 1090. The monoisotopic (exact) mass is 383 g/mol. The molecule has 0 saturated carbocycles. The van der Waals surface area contributed by atoms with Gasteiger partial charge in [0.25, 0.3) is 5.56 Å². The largest absolute Gasteiger partial charge is 0.361 e. The SMILES string of the molecule is Cc1noc(C)c1CCC(=O)N1CCCC1c1cc2nc(C)c(C)c(=O)n2[nH]1. The van der Waals surface area contributed by atoms with Crippen molar-refractivity contribution in [1.29, 1.82) is 0 Å². The first kappa shape index (κ1) is 18.5. The molecule has 1 fully saturated rings. The lowest BCUT2D eigenvalue weighted by Crippen LogP contribution is -2.31. The van der Waals surface area contributed by atoms with Crippen LogP contribution in [0.15, 0.2) is 15.4 Å². The number of aryl methyl sites for hydroxylation is 3. The summed E-state index contributed by atoms with van der Waals surface area (Å²) in [5.41, 5.74) is 4.57. The fourth-order valence-corrected chi connectivity index (χ4v) is 4.03. The molecule has 0 radical (unpaired) electrons. The number of fused-ring (bicyclic) bond motifs is 1. The van der Waals surface area contributed by atoms with Gasteiger partial charge in [-0.1, -0.05) is 5.16 Å². The van der Waals surface area contributed by atoms with Gasteiger partial charge in [0.2, 0.25) is 5.91 Å². The minimum Gasteiger partial charge on any atom is -0.361 e. The number of nitrogens with zero attached hydrogens (tertiary/aromatic N) is 4. The third-order valence-corrected chi connectivity index (χ3v) is 5.81. The molecule has 148 valence electrons. The van der Waals surface area contributed by atoms with Gasteiger partial charge in [-0.15, -0.1) is 0 Å². The van der Waals surface area contributed by atoms with Gasteiger partial charge in [0, 0.05) is 35.9 Å². The lowest BCUT2D eigenvalue weighted by atomic mass is 10.1. The van der Waals surface area contributed by atoms with Crippen molar-refractivity contribution < 1.29 is 9.32 Å². The number of hydrogen-bond acceptors (Lipinski definition) is 5. The summed E-state index contributed by atoms with van der Waals surface area (Å²) in [6.07, 6.45) is 2.85. The minimum atomic E-state index is -0.0944. The number of carbonyl (C=O) groups is 1. The molecule has 4 heterocycles. The highest BCUT2D eigenvalue weighted by Gasteiger charge is 2.31. The molecular formula is C20H25N5O3. The molecule has 3 aromatic heterocycles. The maximum absolute atomic E-state index is 12.9. The number of nitrogens with one attached hydrogen (secondary N) is 1. The highest BCUT2D eigenvalue weighted by atomic mass is 16.5. The lowest BCUT2D eigenvalue weighted by molar-refractivity contribution is -0.132. The Kier molecular flexibility index (Phi) is 4.56. The first-order valence-electron chi connectivity index (χ1n) is 9.67. The van der Waals surface area contributed by atoms with Crippen LogP contribution in [0.3, 0.4) is 0 Å². The Morgan fingerprint density at radius 3 is 2.79 bits per heavy atom. The van der Waals surface area contributed by atoms with Gasteiger partial charge in [0.05, 0.1) is 17.4 Å². The van der Waals surface area contributed by atoms with Crippen molar-refractivity contribution in [3.8, 4) is 0 Å². The minimum absolute atomic E-state index is 0.0566. The molecule has 1 unspecified atom stereocenters. The van der Waals surface area contributed by atoms with Gasteiger partial charge >= 0.3 is 0 Å². The van der Waals surface area contributed by atoms with Crippen molar-refractivity contribution >= 4 is 11.6 Å². The molecule has 1 saturated heterocycles. The summed E-state index contributed by atoms with van der Waals surface area (Å²) in [4.78, 5) is 31.8. The summed E-state index contributed by atoms with van der Waals surface area (Å²) in [6, 6.07) is 1.83. The summed E-state index contributed by atoms with van der Waals surface area (Å²) >= 11 is 0. The maximum atomic E-state index is 12.9. The van der Waals surface area contributed by atoms with E-state index in [9.17, 15) is 9.59 Å². The Hall–Kier alpha value is -2.90. The van der Waals surface area contributed by atoms with Crippen LogP contribution in [-0.2, 0) is 11.2 Å². The molecule has 0 spiro atoms. The van der Waals surface area contributed by atoms with Gasteiger partial charge in [-0.2, -0.15) is 0 Å². The zero-order valence-electron chi connectivity index (χ0n) is 16.7. The maximum Gasteiger partial charge on any atom is 0.275 e. The quantitative estimate of drug-likeness (QED) is 0.747. The average Bonchev–Trinajstić information content (AvgIpc) is 3.37. The molecule has 1 amide bonds. The van der Waals surface area contributed by atoms with Crippen LogP contribution >= 0.6 is 0 Å². The summed E-state index contributed by atoms with van der Waals surface area (Å²) in [5.74, 6) is 0.879. The highest BCUT2D eigenvalue weighted by Crippen LogP contribution is 2.32. The first-order valence-corrected chi connectivity index (χ1v) is 9.67. The average molecular weight is 383 g/mol. The van der Waals surface area contributed by atoms with Gasteiger partial charge in [-0.05, 0) is 47.0 Å². The van der Waals surface area contributed by atoms with Crippen molar-refractivity contribution in [2.24, 2.45) is 0 Å². The zero-order valence-corrected chi connectivity index (χ0v) is 16.7. The van der Waals surface area contributed by atoms with Crippen molar-refractivity contribution in [1.82, 2.24) is 24.7 Å². The molecule has 28 heavy (non-hydrogen) atoms. The van der Waals surface area contributed by atoms with Crippen LogP contribution in [0, 0.1) is 27.7 Å². The van der Waals surface area contributed by atoms with Gasteiger partial charge in [0.15, 0.2) is 5.65 Å². The normalized spacial score (nSPS) is 17.0. The smallest absolute Gasteiger partial charge is 0.275 e. The number of aromatic nitrogens is 4. The summed E-state index contributed by atoms with van der Waals surface area (Å²) < 4.78 is 6.66. The molecule has 3 aromatic rings. The van der Waals surface area contributed by atoms with Crippen LogP contribution in [-0.4, -0.2) is 37.1 Å². The number of hydrogen-bond donors (Lipinski definition) is 1. The third-order valence-electron chi connectivity index (χ3n) is 5.81. The zero-order chi connectivity index (χ0) is 20.0. The highest BCUT2D eigenvalue weighted by molar-refractivity contribution is 5.77. The number of amides is 1. The van der Waals surface area contributed by atoms with Crippen LogP contribution in [0.2, 0.25) is 0 Å². The number of H-pyrrole nitrogens is 1. The van der Waals surface area contributed by atoms with Gasteiger partial charge in [0.1, 0.15) is 5.76 Å². The molecule has 1 atom stereocenters. The molecule has 1 aliphatic rings. The Labute approximate surface area is 162 Å². The van der Waals surface area contributed by atoms with E-state index in [4.69, 9.17) is 4.52 Å². The molecule has 8 heteroatoms. The molecule has 8 nitrogen and oxygen atoms in total. The molecular weight excluding hydrogens is 358 g/mol. The Morgan fingerprint density at radius 1 is 1.29 bits per heavy atom. The molecule has 0 bridgehead atoms. The van der Waals surface area contributed by atoms with E-state index in [1.807, 2.05) is 31.7 Å². The fourth-order valence-electron chi connectivity index (χ4n) is 4.03. The second-order valence-corrected chi connectivity index (χ2v) is 7.58. The van der Waals surface area contributed by atoms with E-state index in [0.29, 0.717) is 24.1 Å². The van der Waals surface area contributed by atoms with Crippen molar-refractivity contribution in [3.05, 3.63) is 50.4 Å². The van der Waals surface area contributed by atoms with E-state index in [0.717, 1.165) is 47.8 Å².